The van der Waals surface area contributed by atoms with E-state index in [2.05, 4.69) is 15.4 Å². The minimum Gasteiger partial charge on any atom is -0.463 e. The van der Waals surface area contributed by atoms with Gasteiger partial charge in [-0.1, -0.05) is 12.1 Å². The maximum Gasteiger partial charge on any atom is 0.252 e. The van der Waals surface area contributed by atoms with Gasteiger partial charge in [0.2, 0.25) is 10.0 Å². The zero-order chi connectivity index (χ0) is 23.8. The summed E-state index contributed by atoms with van der Waals surface area (Å²) < 4.78 is 32.9. The van der Waals surface area contributed by atoms with E-state index in [0.29, 0.717) is 28.1 Å². The van der Waals surface area contributed by atoms with Crippen molar-refractivity contribution in [3.05, 3.63) is 66.1 Å². The van der Waals surface area contributed by atoms with Gasteiger partial charge in [-0.2, -0.15) is 5.10 Å². The molecule has 3 aromatic heterocycles. The van der Waals surface area contributed by atoms with Gasteiger partial charge >= 0.3 is 0 Å². The van der Waals surface area contributed by atoms with Crippen LogP contribution in [0.25, 0.3) is 22.5 Å². The van der Waals surface area contributed by atoms with Crippen LogP contribution in [0.15, 0.2) is 64.2 Å². The number of nitrogens with one attached hydrogen (secondary N) is 1. The van der Waals surface area contributed by atoms with E-state index in [1.807, 2.05) is 13.8 Å². The lowest BCUT2D eigenvalue weighted by Crippen LogP contribution is -2.24. The molecule has 33 heavy (non-hydrogen) atoms. The summed E-state index contributed by atoms with van der Waals surface area (Å²) in [7, 11) is -0.536. The Balaban J connectivity index is 1.62. The topological polar surface area (TPSA) is 110 Å². The first-order valence-corrected chi connectivity index (χ1v) is 11.8. The van der Waals surface area contributed by atoms with Crippen LogP contribution >= 0.6 is 0 Å². The quantitative estimate of drug-likeness (QED) is 0.446. The highest BCUT2D eigenvalue weighted by Crippen LogP contribution is 2.26. The summed E-state index contributed by atoms with van der Waals surface area (Å²) in [6.07, 6.45) is 3.20. The van der Waals surface area contributed by atoms with Crippen LogP contribution in [-0.2, 0) is 16.6 Å². The molecule has 0 fully saturated rings. The Morgan fingerprint density at radius 1 is 1.18 bits per heavy atom. The second-order valence-electron chi connectivity index (χ2n) is 8.07. The molecule has 0 bridgehead atoms. The molecule has 0 saturated carbocycles. The van der Waals surface area contributed by atoms with E-state index < -0.39 is 10.0 Å². The van der Waals surface area contributed by atoms with E-state index in [1.165, 1.54) is 26.2 Å². The van der Waals surface area contributed by atoms with Crippen molar-refractivity contribution in [3.8, 4) is 11.5 Å². The molecule has 0 atom stereocenters. The first kappa shape index (κ1) is 22.7. The van der Waals surface area contributed by atoms with Crippen LogP contribution in [0.4, 0.5) is 0 Å². The zero-order valence-electron chi connectivity index (χ0n) is 18.8. The monoisotopic (exact) mass is 467 g/mol. The van der Waals surface area contributed by atoms with Gasteiger partial charge in [-0.3, -0.25) is 4.79 Å². The molecule has 1 N–H and O–H groups in total. The predicted molar refractivity (Wildman–Crippen MR) is 124 cm³/mol. The number of carbonyl (C=O) groups excluding carboxylic acids is 1. The van der Waals surface area contributed by atoms with Gasteiger partial charge in [0.25, 0.3) is 5.91 Å². The van der Waals surface area contributed by atoms with Gasteiger partial charge < -0.3 is 9.73 Å². The van der Waals surface area contributed by atoms with Crippen molar-refractivity contribution < 1.29 is 17.6 Å². The van der Waals surface area contributed by atoms with Gasteiger partial charge in [-0.25, -0.2) is 22.4 Å². The maximum atomic E-state index is 13.1. The fourth-order valence-corrected chi connectivity index (χ4v) is 4.30. The molecule has 0 radical (unpaired) electrons. The van der Waals surface area contributed by atoms with E-state index >= 15 is 0 Å². The molecule has 4 rings (SSSR count). The summed E-state index contributed by atoms with van der Waals surface area (Å²) in [6.45, 7) is 4.22. The van der Waals surface area contributed by atoms with Crippen molar-refractivity contribution in [2.45, 2.75) is 31.3 Å². The van der Waals surface area contributed by atoms with Crippen LogP contribution in [0, 0.1) is 0 Å². The molecule has 0 saturated heterocycles. The first-order valence-electron chi connectivity index (χ1n) is 10.4. The Morgan fingerprint density at radius 3 is 2.52 bits per heavy atom. The van der Waals surface area contributed by atoms with Crippen LogP contribution < -0.4 is 5.32 Å². The zero-order valence-corrected chi connectivity index (χ0v) is 19.6. The third-order valence-electron chi connectivity index (χ3n) is 5.23. The van der Waals surface area contributed by atoms with Crippen LogP contribution in [0.1, 0.15) is 35.8 Å². The number of sulfonamides is 1. The predicted octanol–water partition coefficient (Wildman–Crippen LogP) is 3.45. The van der Waals surface area contributed by atoms with Crippen LogP contribution in [0.2, 0.25) is 0 Å². The molecule has 3 heterocycles. The fourth-order valence-electron chi connectivity index (χ4n) is 3.40. The van der Waals surface area contributed by atoms with E-state index in [1.54, 1.807) is 47.5 Å². The number of rotatable bonds is 7. The van der Waals surface area contributed by atoms with Crippen molar-refractivity contribution in [2.75, 3.05) is 14.1 Å². The Hall–Kier alpha value is -3.50. The number of hydrogen-bond donors (Lipinski definition) is 1. The Bertz CT molecular complexity index is 1390. The molecular formula is C23H25N5O4S. The van der Waals surface area contributed by atoms with Crippen molar-refractivity contribution in [2.24, 2.45) is 0 Å². The second kappa shape index (κ2) is 8.80. The van der Waals surface area contributed by atoms with Crippen LogP contribution in [0.3, 0.4) is 0 Å². The molecule has 0 aliphatic rings. The molecular weight excluding hydrogens is 442 g/mol. The lowest BCUT2D eigenvalue weighted by atomic mass is 10.1. The van der Waals surface area contributed by atoms with E-state index in [-0.39, 0.29) is 23.4 Å². The van der Waals surface area contributed by atoms with Crippen molar-refractivity contribution in [3.63, 3.8) is 0 Å². The van der Waals surface area contributed by atoms with Crippen LogP contribution in [0.5, 0.6) is 0 Å². The average molecular weight is 468 g/mol. The van der Waals surface area contributed by atoms with E-state index in [0.717, 1.165) is 9.87 Å². The lowest BCUT2D eigenvalue weighted by Gasteiger charge is -2.12. The SMILES string of the molecule is CC(C)n1ncc2c(C(=O)NCc3ccc(S(=O)(=O)N(C)C)cc3)cc(-c3ccco3)nc21. The summed E-state index contributed by atoms with van der Waals surface area (Å²) in [4.78, 5) is 18.0. The number of nitrogens with zero attached hydrogens (tertiary/aromatic N) is 4. The highest BCUT2D eigenvalue weighted by Gasteiger charge is 2.20. The Labute approximate surface area is 192 Å². The molecule has 0 spiro atoms. The van der Waals surface area contributed by atoms with Gasteiger partial charge in [0.15, 0.2) is 11.4 Å². The molecule has 1 aromatic carbocycles. The maximum absolute atomic E-state index is 13.1. The van der Waals surface area contributed by atoms with Gasteiger partial charge in [-0.15, -0.1) is 0 Å². The minimum absolute atomic E-state index is 0.0646. The van der Waals surface area contributed by atoms with E-state index in [9.17, 15) is 13.2 Å². The number of aromatic nitrogens is 3. The third-order valence-corrected chi connectivity index (χ3v) is 7.06. The number of benzene rings is 1. The molecule has 0 aliphatic carbocycles. The van der Waals surface area contributed by atoms with Gasteiger partial charge in [-0.05, 0) is 49.7 Å². The lowest BCUT2D eigenvalue weighted by molar-refractivity contribution is 0.0952. The van der Waals surface area contributed by atoms with E-state index in [4.69, 9.17) is 4.42 Å². The number of carbonyl (C=O) groups is 1. The second-order valence-corrected chi connectivity index (χ2v) is 10.2. The molecule has 0 unspecified atom stereocenters. The Kier molecular flexibility index (Phi) is 6.05. The molecule has 4 aromatic rings. The summed E-state index contributed by atoms with van der Waals surface area (Å²) in [6, 6.07) is 11.7. The fraction of sp³-hybridized carbons (Fsp3) is 0.261. The van der Waals surface area contributed by atoms with Crippen LogP contribution in [-0.4, -0.2) is 47.5 Å². The van der Waals surface area contributed by atoms with Crippen molar-refractivity contribution >= 4 is 27.0 Å². The Morgan fingerprint density at radius 2 is 1.91 bits per heavy atom. The number of amides is 1. The highest BCUT2D eigenvalue weighted by molar-refractivity contribution is 7.89. The third kappa shape index (κ3) is 4.39. The first-order chi connectivity index (χ1) is 15.7. The molecule has 10 heteroatoms. The summed E-state index contributed by atoms with van der Waals surface area (Å²) in [5, 5.41) is 7.96. The standard InChI is InChI=1S/C23H25N5O4S/c1-15(2)28-22-19(14-25-28)18(12-20(26-22)21-6-5-11-32-21)23(29)24-13-16-7-9-17(10-8-16)33(30,31)27(3)4/h5-12,14-15H,13H2,1-4H3,(H,24,29). The average Bonchev–Trinajstić information content (AvgIpc) is 3.47. The number of hydrogen-bond acceptors (Lipinski definition) is 6. The van der Waals surface area contributed by atoms with Crippen molar-refractivity contribution in [1.82, 2.24) is 24.4 Å². The van der Waals surface area contributed by atoms with Crippen molar-refractivity contribution in [1.29, 1.82) is 0 Å². The summed E-state index contributed by atoms with van der Waals surface area (Å²) >= 11 is 0. The summed E-state index contributed by atoms with van der Waals surface area (Å²) in [5.74, 6) is 0.267. The molecule has 0 aliphatic heterocycles. The smallest absolute Gasteiger partial charge is 0.252 e. The molecule has 9 nitrogen and oxygen atoms in total. The largest absolute Gasteiger partial charge is 0.463 e. The molecule has 172 valence electrons. The van der Waals surface area contributed by atoms with Gasteiger partial charge in [0, 0.05) is 26.7 Å². The molecule has 1 amide bonds. The number of pyridine rings is 1. The normalized spacial score (nSPS) is 12.1. The van der Waals surface area contributed by atoms with Gasteiger partial charge in [0.1, 0.15) is 5.69 Å². The van der Waals surface area contributed by atoms with Gasteiger partial charge in [0.05, 0.1) is 28.3 Å². The minimum atomic E-state index is -3.50. The number of furan rings is 1. The summed E-state index contributed by atoms with van der Waals surface area (Å²) in [5.41, 5.74) is 2.35. The highest BCUT2D eigenvalue weighted by atomic mass is 32.2. The number of fused-ring (bicyclic) bond motifs is 1.